The van der Waals surface area contributed by atoms with Crippen molar-refractivity contribution in [2.75, 3.05) is 26.0 Å². The number of anilines is 1. The van der Waals surface area contributed by atoms with Gasteiger partial charge >= 0.3 is 0 Å². The standard InChI is InChI=1S/C13H17ClN2O3/c1-18-12-6-11(15)10(14)5-9(12)13(17)16-7-8-3-2-4-19-8/h5-6,8H,2-4,7,15H2,1H3,(H,16,17). The first-order valence-corrected chi connectivity index (χ1v) is 6.52. The van der Waals surface area contributed by atoms with Gasteiger partial charge in [0.2, 0.25) is 0 Å². The second-order valence-electron chi connectivity index (χ2n) is 4.42. The number of hydrogen-bond donors (Lipinski definition) is 2. The topological polar surface area (TPSA) is 73.6 Å². The third-order valence-electron chi connectivity index (χ3n) is 3.08. The zero-order valence-electron chi connectivity index (χ0n) is 10.7. The number of benzene rings is 1. The molecule has 104 valence electrons. The van der Waals surface area contributed by atoms with Crippen LogP contribution in [0.15, 0.2) is 12.1 Å². The second kappa shape index (κ2) is 6.12. The maximum Gasteiger partial charge on any atom is 0.255 e. The van der Waals surface area contributed by atoms with Crippen molar-refractivity contribution in [2.24, 2.45) is 0 Å². The molecular formula is C13H17ClN2O3. The van der Waals surface area contributed by atoms with Gasteiger partial charge < -0.3 is 20.5 Å². The molecule has 0 aliphatic carbocycles. The Hall–Kier alpha value is -1.46. The average Bonchev–Trinajstić information content (AvgIpc) is 2.91. The van der Waals surface area contributed by atoms with Gasteiger partial charge in [-0.05, 0) is 18.9 Å². The molecule has 1 atom stereocenters. The summed E-state index contributed by atoms with van der Waals surface area (Å²) in [6, 6.07) is 3.06. The number of carbonyl (C=O) groups is 1. The molecule has 0 aromatic heterocycles. The van der Waals surface area contributed by atoms with Gasteiger partial charge in [-0.25, -0.2) is 0 Å². The second-order valence-corrected chi connectivity index (χ2v) is 4.83. The number of halogens is 1. The Kier molecular flexibility index (Phi) is 4.50. The van der Waals surface area contributed by atoms with Crippen molar-refractivity contribution >= 4 is 23.2 Å². The molecule has 0 bridgehead atoms. The molecule has 1 unspecified atom stereocenters. The third kappa shape index (κ3) is 3.30. The zero-order valence-corrected chi connectivity index (χ0v) is 11.5. The predicted molar refractivity (Wildman–Crippen MR) is 73.7 cm³/mol. The molecule has 1 saturated heterocycles. The van der Waals surface area contributed by atoms with Crippen LogP contribution in [0.4, 0.5) is 5.69 Å². The van der Waals surface area contributed by atoms with Crippen molar-refractivity contribution in [3.8, 4) is 5.75 Å². The molecule has 0 saturated carbocycles. The fraction of sp³-hybridized carbons (Fsp3) is 0.462. The van der Waals surface area contributed by atoms with Crippen molar-refractivity contribution in [1.82, 2.24) is 5.32 Å². The van der Waals surface area contributed by atoms with Crippen LogP contribution in [-0.2, 0) is 4.74 Å². The van der Waals surface area contributed by atoms with Crippen LogP contribution in [0.25, 0.3) is 0 Å². The number of hydrogen-bond acceptors (Lipinski definition) is 4. The number of nitrogens with one attached hydrogen (secondary N) is 1. The molecule has 1 aromatic rings. The van der Waals surface area contributed by atoms with Crippen LogP contribution in [0, 0.1) is 0 Å². The summed E-state index contributed by atoms with van der Waals surface area (Å²) in [6.07, 6.45) is 2.11. The van der Waals surface area contributed by atoms with E-state index in [0.29, 0.717) is 28.6 Å². The number of nitrogen functional groups attached to an aromatic ring is 1. The molecule has 19 heavy (non-hydrogen) atoms. The number of amides is 1. The molecule has 6 heteroatoms. The maximum atomic E-state index is 12.1. The van der Waals surface area contributed by atoms with E-state index in [1.807, 2.05) is 0 Å². The Morgan fingerprint density at radius 3 is 3.05 bits per heavy atom. The SMILES string of the molecule is COc1cc(N)c(Cl)cc1C(=O)NCC1CCCO1. The van der Waals surface area contributed by atoms with Crippen LogP contribution < -0.4 is 15.8 Å². The van der Waals surface area contributed by atoms with Gasteiger partial charge in [0, 0.05) is 19.2 Å². The van der Waals surface area contributed by atoms with E-state index in [1.54, 1.807) is 6.07 Å². The van der Waals surface area contributed by atoms with E-state index in [4.69, 9.17) is 26.8 Å². The van der Waals surface area contributed by atoms with Crippen molar-refractivity contribution in [3.05, 3.63) is 22.7 Å². The number of rotatable bonds is 4. The minimum Gasteiger partial charge on any atom is -0.496 e. The minimum absolute atomic E-state index is 0.0965. The summed E-state index contributed by atoms with van der Waals surface area (Å²) in [5.41, 5.74) is 6.43. The lowest BCUT2D eigenvalue weighted by Gasteiger charge is -2.13. The number of ether oxygens (including phenoxy) is 2. The van der Waals surface area contributed by atoms with Crippen LogP contribution >= 0.6 is 11.6 Å². The largest absolute Gasteiger partial charge is 0.496 e. The molecule has 0 spiro atoms. The van der Waals surface area contributed by atoms with Gasteiger partial charge in [-0.1, -0.05) is 11.6 Å². The fourth-order valence-corrected chi connectivity index (χ4v) is 2.19. The molecule has 1 aromatic carbocycles. The normalized spacial score (nSPS) is 18.3. The zero-order chi connectivity index (χ0) is 13.8. The highest BCUT2D eigenvalue weighted by Crippen LogP contribution is 2.28. The number of nitrogens with two attached hydrogens (primary N) is 1. The van der Waals surface area contributed by atoms with Crippen molar-refractivity contribution < 1.29 is 14.3 Å². The minimum atomic E-state index is -0.241. The first-order valence-electron chi connectivity index (χ1n) is 6.14. The smallest absolute Gasteiger partial charge is 0.255 e. The summed E-state index contributed by atoms with van der Waals surface area (Å²) in [5.74, 6) is 0.168. The highest BCUT2D eigenvalue weighted by molar-refractivity contribution is 6.33. The summed E-state index contributed by atoms with van der Waals surface area (Å²) in [7, 11) is 1.49. The Bertz CT molecular complexity index is 473. The molecular weight excluding hydrogens is 268 g/mol. The molecule has 3 N–H and O–H groups in total. The highest BCUT2D eigenvalue weighted by atomic mass is 35.5. The lowest BCUT2D eigenvalue weighted by molar-refractivity contribution is 0.0855. The first-order chi connectivity index (χ1) is 9.11. The molecule has 0 radical (unpaired) electrons. The van der Waals surface area contributed by atoms with Crippen LogP contribution in [0.5, 0.6) is 5.75 Å². The van der Waals surface area contributed by atoms with E-state index >= 15 is 0 Å². The molecule has 5 nitrogen and oxygen atoms in total. The van der Waals surface area contributed by atoms with Gasteiger partial charge in [-0.2, -0.15) is 0 Å². The summed E-state index contributed by atoms with van der Waals surface area (Å²) >= 11 is 5.93. The predicted octanol–water partition coefficient (Wildman–Crippen LogP) is 1.84. The Morgan fingerprint density at radius 1 is 1.63 bits per heavy atom. The third-order valence-corrected chi connectivity index (χ3v) is 3.41. The molecule has 2 rings (SSSR count). The first kappa shape index (κ1) is 14.0. The molecule has 1 aliphatic rings. The molecule has 1 amide bonds. The van der Waals surface area contributed by atoms with E-state index < -0.39 is 0 Å². The van der Waals surface area contributed by atoms with Gasteiger partial charge in [0.1, 0.15) is 5.75 Å². The van der Waals surface area contributed by atoms with Gasteiger partial charge in [0.05, 0.1) is 29.5 Å². The maximum absolute atomic E-state index is 12.1. The van der Waals surface area contributed by atoms with Crippen LogP contribution in [0.3, 0.4) is 0 Å². The Balaban J connectivity index is 2.07. The Morgan fingerprint density at radius 2 is 2.42 bits per heavy atom. The number of carbonyl (C=O) groups excluding carboxylic acids is 1. The number of methoxy groups -OCH3 is 1. The fourth-order valence-electron chi connectivity index (χ4n) is 2.02. The van der Waals surface area contributed by atoms with Gasteiger partial charge in [-0.3, -0.25) is 4.79 Å². The lowest BCUT2D eigenvalue weighted by atomic mass is 10.1. The van der Waals surface area contributed by atoms with E-state index in [-0.39, 0.29) is 12.0 Å². The van der Waals surface area contributed by atoms with E-state index in [9.17, 15) is 4.79 Å². The van der Waals surface area contributed by atoms with Crippen LogP contribution in [-0.4, -0.2) is 32.3 Å². The van der Waals surface area contributed by atoms with Gasteiger partial charge in [-0.15, -0.1) is 0 Å². The molecule has 1 fully saturated rings. The average molecular weight is 285 g/mol. The summed E-state index contributed by atoms with van der Waals surface area (Å²) in [5, 5.41) is 3.16. The Labute approximate surface area is 117 Å². The summed E-state index contributed by atoms with van der Waals surface area (Å²) in [6.45, 7) is 1.25. The van der Waals surface area contributed by atoms with Crippen LogP contribution in [0.2, 0.25) is 5.02 Å². The van der Waals surface area contributed by atoms with Gasteiger partial charge in [0.15, 0.2) is 0 Å². The summed E-state index contributed by atoms with van der Waals surface area (Å²) in [4.78, 5) is 12.1. The quantitative estimate of drug-likeness (QED) is 0.828. The van der Waals surface area contributed by atoms with E-state index in [1.165, 1.54) is 13.2 Å². The molecule has 1 aliphatic heterocycles. The van der Waals surface area contributed by atoms with Crippen molar-refractivity contribution in [2.45, 2.75) is 18.9 Å². The van der Waals surface area contributed by atoms with Crippen molar-refractivity contribution in [3.63, 3.8) is 0 Å². The molecule has 1 heterocycles. The van der Waals surface area contributed by atoms with Crippen molar-refractivity contribution in [1.29, 1.82) is 0 Å². The summed E-state index contributed by atoms with van der Waals surface area (Å²) < 4.78 is 10.6. The highest BCUT2D eigenvalue weighted by Gasteiger charge is 2.19. The van der Waals surface area contributed by atoms with Crippen LogP contribution in [0.1, 0.15) is 23.2 Å². The van der Waals surface area contributed by atoms with E-state index in [0.717, 1.165) is 19.4 Å². The van der Waals surface area contributed by atoms with E-state index in [2.05, 4.69) is 5.32 Å². The van der Waals surface area contributed by atoms with Gasteiger partial charge in [0.25, 0.3) is 5.91 Å². The monoisotopic (exact) mass is 284 g/mol. The lowest BCUT2D eigenvalue weighted by Crippen LogP contribution is -2.32.